The Hall–Kier alpha value is -0.160. The van der Waals surface area contributed by atoms with Crippen molar-refractivity contribution in [3.05, 3.63) is 0 Å². The molecule has 3 fully saturated rings. The molecule has 4 atom stereocenters. The zero-order valence-electron chi connectivity index (χ0n) is 7.15. The summed E-state index contributed by atoms with van der Waals surface area (Å²) in [5.41, 5.74) is 0. The summed E-state index contributed by atoms with van der Waals surface area (Å²) in [4.78, 5) is 0. The van der Waals surface area contributed by atoms with E-state index in [0.717, 1.165) is 6.42 Å². The molecule has 0 aromatic heterocycles. The van der Waals surface area contributed by atoms with Crippen molar-refractivity contribution >= 4 is 0 Å². The third kappa shape index (κ3) is 0.633. The lowest BCUT2D eigenvalue weighted by Crippen LogP contribution is -2.46. The summed E-state index contributed by atoms with van der Waals surface area (Å²) in [6, 6.07) is 0. The first kappa shape index (κ1) is 7.26. The fourth-order valence-corrected chi connectivity index (χ4v) is 2.42. The van der Waals surface area contributed by atoms with Crippen LogP contribution in [-0.4, -0.2) is 44.4 Å². The van der Waals surface area contributed by atoms with Gasteiger partial charge in [0.2, 0.25) is 0 Å². The Bertz CT molecular complexity index is 213. The zero-order valence-corrected chi connectivity index (χ0v) is 7.15. The van der Waals surface area contributed by atoms with Gasteiger partial charge < -0.3 is 18.9 Å². The van der Waals surface area contributed by atoms with Crippen molar-refractivity contribution in [3.8, 4) is 0 Å². The van der Waals surface area contributed by atoms with Crippen LogP contribution in [0.1, 0.15) is 6.42 Å². The molecule has 4 nitrogen and oxygen atoms in total. The number of methoxy groups -OCH3 is 2. The van der Waals surface area contributed by atoms with E-state index in [0.29, 0.717) is 6.10 Å². The first-order valence-corrected chi connectivity index (χ1v) is 4.22. The van der Waals surface area contributed by atoms with Crippen LogP contribution in [0.3, 0.4) is 0 Å². The van der Waals surface area contributed by atoms with Crippen molar-refractivity contribution < 1.29 is 18.9 Å². The molecule has 0 aromatic rings. The number of fused-ring (bicyclic) bond motifs is 5. The molecule has 12 heavy (non-hydrogen) atoms. The summed E-state index contributed by atoms with van der Waals surface area (Å²) in [7, 11) is 3.32. The van der Waals surface area contributed by atoms with Crippen LogP contribution in [0.25, 0.3) is 0 Å². The van der Waals surface area contributed by atoms with E-state index in [1.165, 1.54) is 0 Å². The van der Waals surface area contributed by atoms with Gasteiger partial charge in [-0.15, -0.1) is 0 Å². The van der Waals surface area contributed by atoms with E-state index >= 15 is 0 Å². The van der Waals surface area contributed by atoms with Crippen molar-refractivity contribution in [2.45, 2.75) is 36.6 Å². The fourth-order valence-electron chi connectivity index (χ4n) is 2.42. The second kappa shape index (κ2) is 2.01. The molecular formula is C8H12O4. The molecule has 3 heterocycles. The van der Waals surface area contributed by atoms with Gasteiger partial charge in [0.1, 0.15) is 18.3 Å². The summed E-state index contributed by atoms with van der Waals surface area (Å²) < 4.78 is 21.8. The van der Waals surface area contributed by atoms with Gasteiger partial charge in [0.05, 0.1) is 6.10 Å². The van der Waals surface area contributed by atoms with Gasteiger partial charge in [0.15, 0.2) is 5.79 Å². The molecule has 0 N–H and O–H groups in total. The number of rotatable bonds is 2. The van der Waals surface area contributed by atoms with Crippen LogP contribution in [0.4, 0.5) is 0 Å². The van der Waals surface area contributed by atoms with Gasteiger partial charge in [-0.25, -0.2) is 0 Å². The largest absolute Gasteiger partial charge is 0.364 e. The Kier molecular flexibility index (Phi) is 1.22. The van der Waals surface area contributed by atoms with Crippen LogP contribution in [0.2, 0.25) is 0 Å². The maximum absolute atomic E-state index is 5.66. The molecule has 0 saturated carbocycles. The molecule has 0 aliphatic carbocycles. The second-order valence-electron chi connectivity index (χ2n) is 3.58. The van der Waals surface area contributed by atoms with Crippen LogP contribution in [0.15, 0.2) is 0 Å². The Balaban J connectivity index is 1.90. The molecule has 0 aromatic carbocycles. The lowest BCUT2D eigenvalue weighted by molar-refractivity contribution is -0.234. The molecule has 3 aliphatic heterocycles. The minimum atomic E-state index is -0.539. The number of ether oxygens (including phenoxy) is 4. The molecule has 0 spiro atoms. The third-order valence-corrected chi connectivity index (χ3v) is 3.16. The number of hydrogen-bond acceptors (Lipinski definition) is 4. The molecule has 0 unspecified atom stereocenters. The molecule has 3 rings (SSSR count). The molecule has 0 radical (unpaired) electrons. The van der Waals surface area contributed by atoms with Crippen LogP contribution < -0.4 is 0 Å². The maximum atomic E-state index is 5.66. The number of hydrogen-bond donors (Lipinski definition) is 0. The van der Waals surface area contributed by atoms with Gasteiger partial charge in [-0.1, -0.05) is 0 Å². The minimum Gasteiger partial charge on any atom is -0.364 e. The van der Waals surface area contributed by atoms with E-state index in [2.05, 4.69) is 0 Å². The topological polar surface area (TPSA) is 40.2 Å². The average molecular weight is 172 g/mol. The van der Waals surface area contributed by atoms with E-state index in [1.807, 2.05) is 0 Å². The number of epoxide rings is 1. The normalized spacial score (nSPS) is 52.5. The highest BCUT2D eigenvalue weighted by atomic mass is 16.8. The lowest BCUT2D eigenvalue weighted by Gasteiger charge is -2.30. The fraction of sp³-hybridized carbons (Fsp3) is 1.00. The van der Waals surface area contributed by atoms with Crippen LogP contribution in [0, 0.1) is 0 Å². The Labute approximate surface area is 70.7 Å². The standard InChI is InChI=1S/C8H12O4/c1-9-8(10-2)3-4-5-6(12-5)7(8)11-4/h4-7H,3H2,1-2H3/t4-,5-,6-,7-/m1/s1. The predicted molar refractivity (Wildman–Crippen MR) is 38.7 cm³/mol. The summed E-state index contributed by atoms with van der Waals surface area (Å²) in [6.07, 6.45) is 1.53. The van der Waals surface area contributed by atoms with Gasteiger partial charge in [-0.2, -0.15) is 0 Å². The van der Waals surface area contributed by atoms with Crippen molar-refractivity contribution in [1.82, 2.24) is 0 Å². The Morgan fingerprint density at radius 2 is 1.92 bits per heavy atom. The third-order valence-electron chi connectivity index (χ3n) is 3.16. The summed E-state index contributed by atoms with van der Waals surface area (Å²) in [5, 5.41) is 0. The average Bonchev–Trinajstić information content (AvgIpc) is 2.74. The van der Waals surface area contributed by atoms with Gasteiger partial charge in [-0.3, -0.25) is 0 Å². The van der Waals surface area contributed by atoms with Gasteiger partial charge >= 0.3 is 0 Å². The Morgan fingerprint density at radius 3 is 2.42 bits per heavy atom. The monoisotopic (exact) mass is 172 g/mol. The summed E-state index contributed by atoms with van der Waals surface area (Å²) >= 11 is 0. The highest BCUT2D eigenvalue weighted by molar-refractivity contribution is 5.15. The van der Waals surface area contributed by atoms with E-state index in [9.17, 15) is 0 Å². The first-order chi connectivity index (χ1) is 5.80. The van der Waals surface area contributed by atoms with E-state index in [-0.39, 0.29) is 18.3 Å². The summed E-state index contributed by atoms with van der Waals surface area (Å²) in [6.45, 7) is 0. The molecule has 3 aliphatic rings. The Morgan fingerprint density at radius 1 is 1.17 bits per heavy atom. The highest BCUT2D eigenvalue weighted by Gasteiger charge is 2.71. The van der Waals surface area contributed by atoms with Crippen LogP contribution in [0.5, 0.6) is 0 Å². The van der Waals surface area contributed by atoms with Crippen molar-refractivity contribution in [3.63, 3.8) is 0 Å². The predicted octanol–water partition coefficient (Wildman–Crippen LogP) is -0.0860. The van der Waals surface area contributed by atoms with Crippen molar-refractivity contribution in [1.29, 1.82) is 0 Å². The molecule has 4 heteroatoms. The quantitative estimate of drug-likeness (QED) is 0.431. The second-order valence-corrected chi connectivity index (χ2v) is 3.58. The minimum absolute atomic E-state index is 0.0116. The van der Waals surface area contributed by atoms with Gasteiger partial charge in [0, 0.05) is 20.6 Å². The van der Waals surface area contributed by atoms with E-state index in [1.54, 1.807) is 14.2 Å². The molecule has 3 saturated heterocycles. The lowest BCUT2D eigenvalue weighted by atomic mass is 9.94. The smallest absolute Gasteiger partial charge is 0.199 e. The molecular weight excluding hydrogens is 160 g/mol. The SMILES string of the molecule is COC1(OC)C[C@H]2O[C@@H]1[C@@H]1O[C@@H]12. The van der Waals surface area contributed by atoms with E-state index in [4.69, 9.17) is 18.9 Å². The van der Waals surface area contributed by atoms with E-state index < -0.39 is 5.79 Å². The summed E-state index contributed by atoms with van der Waals surface area (Å²) in [5.74, 6) is -0.539. The highest BCUT2D eigenvalue weighted by Crippen LogP contribution is 2.53. The van der Waals surface area contributed by atoms with Crippen LogP contribution >= 0.6 is 0 Å². The molecule has 0 amide bonds. The molecule has 2 bridgehead atoms. The van der Waals surface area contributed by atoms with Gasteiger partial charge in [0.25, 0.3) is 0 Å². The van der Waals surface area contributed by atoms with Gasteiger partial charge in [-0.05, 0) is 0 Å². The molecule has 68 valence electrons. The first-order valence-electron chi connectivity index (χ1n) is 4.22. The van der Waals surface area contributed by atoms with Crippen molar-refractivity contribution in [2.24, 2.45) is 0 Å². The van der Waals surface area contributed by atoms with Crippen molar-refractivity contribution in [2.75, 3.05) is 14.2 Å². The zero-order chi connectivity index (χ0) is 8.34. The maximum Gasteiger partial charge on any atom is 0.199 e. The van der Waals surface area contributed by atoms with Crippen LogP contribution in [-0.2, 0) is 18.9 Å².